The quantitative estimate of drug-likeness (QED) is 0.820. The zero-order valence-electron chi connectivity index (χ0n) is 11.9. The van der Waals surface area contributed by atoms with Crippen molar-refractivity contribution in [3.63, 3.8) is 0 Å². The third-order valence-corrected chi connectivity index (χ3v) is 4.18. The number of pyridine rings is 1. The Labute approximate surface area is 118 Å². The van der Waals surface area contributed by atoms with Gasteiger partial charge in [-0.25, -0.2) is 0 Å². The number of hydrogen-bond acceptors (Lipinski definition) is 3. The van der Waals surface area contributed by atoms with Crippen LogP contribution in [0.5, 0.6) is 0 Å². The van der Waals surface area contributed by atoms with Crippen molar-refractivity contribution in [1.29, 1.82) is 0 Å². The monoisotopic (exact) mass is 273 g/mol. The fourth-order valence-corrected chi connectivity index (χ4v) is 3.24. The summed E-state index contributed by atoms with van der Waals surface area (Å²) in [5.41, 5.74) is 1.73. The van der Waals surface area contributed by atoms with E-state index < -0.39 is 0 Å². The molecule has 0 radical (unpaired) electrons. The van der Waals surface area contributed by atoms with Crippen molar-refractivity contribution in [2.24, 2.45) is 0 Å². The van der Waals surface area contributed by atoms with Crippen molar-refractivity contribution in [2.45, 2.75) is 45.2 Å². The van der Waals surface area contributed by atoms with Gasteiger partial charge in [-0.3, -0.25) is 19.5 Å². The van der Waals surface area contributed by atoms with E-state index in [0.29, 0.717) is 13.0 Å². The zero-order valence-corrected chi connectivity index (χ0v) is 11.9. The third-order valence-electron chi connectivity index (χ3n) is 4.18. The number of piperazine rings is 1. The van der Waals surface area contributed by atoms with E-state index in [0.717, 1.165) is 24.1 Å². The van der Waals surface area contributed by atoms with Crippen molar-refractivity contribution in [3.8, 4) is 0 Å². The van der Waals surface area contributed by atoms with Gasteiger partial charge in [0.25, 0.3) is 5.91 Å². The number of nitrogens with zero attached hydrogens (tertiary/aromatic N) is 3. The van der Waals surface area contributed by atoms with Gasteiger partial charge in [0.2, 0.25) is 5.91 Å². The summed E-state index contributed by atoms with van der Waals surface area (Å²) in [6.45, 7) is 4.60. The van der Waals surface area contributed by atoms with Crippen molar-refractivity contribution >= 4 is 17.5 Å². The van der Waals surface area contributed by atoms with Gasteiger partial charge in [-0.15, -0.1) is 0 Å². The molecule has 0 aliphatic carbocycles. The highest BCUT2D eigenvalue weighted by molar-refractivity contribution is 6.08. The summed E-state index contributed by atoms with van der Waals surface area (Å²) in [6, 6.07) is 1.26. The van der Waals surface area contributed by atoms with Gasteiger partial charge in [0.1, 0.15) is 12.1 Å². The average Bonchev–Trinajstić information content (AvgIpc) is 2.92. The van der Waals surface area contributed by atoms with Gasteiger partial charge >= 0.3 is 0 Å². The second kappa shape index (κ2) is 4.89. The Hall–Kier alpha value is -1.91. The second-order valence-corrected chi connectivity index (χ2v) is 5.54. The van der Waals surface area contributed by atoms with E-state index in [-0.39, 0.29) is 23.9 Å². The molecule has 2 fully saturated rings. The molecule has 106 valence electrons. The number of anilines is 1. The minimum Gasteiger partial charge on any atom is -0.329 e. The number of carbonyl (C=O) groups excluding carboxylic acids is 2. The van der Waals surface area contributed by atoms with Crippen LogP contribution in [0.1, 0.15) is 31.7 Å². The molecule has 2 unspecified atom stereocenters. The van der Waals surface area contributed by atoms with Gasteiger partial charge in [0.15, 0.2) is 0 Å². The Morgan fingerprint density at radius 1 is 1.30 bits per heavy atom. The van der Waals surface area contributed by atoms with Crippen LogP contribution >= 0.6 is 0 Å². The maximum absolute atomic E-state index is 12.7. The lowest BCUT2D eigenvalue weighted by Crippen LogP contribution is -2.63. The van der Waals surface area contributed by atoms with Crippen LogP contribution in [-0.2, 0) is 9.59 Å². The molecule has 1 aromatic heterocycles. The van der Waals surface area contributed by atoms with Gasteiger partial charge in [-0.05, 0) is 37.8 Å². The summed E-state index contributed by atoms with van der Waals surface area (Å²) in [5.74, 6) is 0.123. The fourth-order valence-electron chi connectivity index (χ4n) is 3.24. The SMILES string of the molecule is CCC1C(=O)N2CCCC2C(=O)N1c1cncc(C)c1. The largest absolute Gasteiger partial charge is 0.329 e. The molecule has 0 spiro atoms. The summed E-state index contributed by atoms with van der Waals surface area (Å²) in [4.78, 5) is 32.9. The van der Waals surface area contributed by atoms with Crippen LogP contribution in [0.4, 0.5) is 5.69 Å². The maximum atomic E-state index is 12.7. The molecule has 3 heterocycles. The molecule has 5 heteroatoms. The van der Waals surface area contributed by atoms with Crippen molar-refractivity contribution in [1.82, 2.24) is 9.88 Å². The van der Waals surface area contributed by atoms with Crippen LogP contribution in [0.3, 0.4) is 0 Å². The summed E-state index contributed by atoms with van der Waals surface area (Å²) >= 11 is 0. The number of aromatic nitrogens is 1. The normalized spacial score (nSPS) is 26.1. The van der Waals surface area contributed by atoms with E-state index in [4.69, 9.17) is 0 Å². The van der Waals surface area contributed by atoms with Crippen molar-refractivity contribution in [3.05, 3.63) is 24.0 Å². The Morgan fingerprint density at radius 2 is 2.10 bits per heavy atom. The summed E-state index contributed by atoms with van der Waals surface area (Å²) in [6.07, 6.45) is 5.74. The van der Waals surface area contributed by atoms with E-state index >= 15 is 0 Å². The molecule has 2 saturated heterocycles. The van der Waals surface area contributed by atoms with Crippen LogP contribution < -0.4 is 4.90 Å². The number of amides is 2. The Kier molecular flexibility index (Phi) is 3.20. The smallest absolute Gasteiger partial charge is 0.250 e. The second-order valence-electron chi connectivity index (χ2n) is 5.54. The third kappa shape index (κ3) is 1.88. The zero-order chi connectivity index (χ0) is 14.3. The minimum absolute atomic E-state index is 0.0429. The first kappa shape index (κ1) is 13.1. The lowest BCUT2D eigenvalue weighted by Gasteiger charge is -2.41. The van der Waals surface area contributed by atoms with Crippen molar-refractivity contribution < 1.29 is 9.59 Å². The Balaban J connectivity index is 2.03. The van der Waals surface area contributed by atoms with E-state index in [1.807, 2.05) is 19.9 Å². The standard InChI is InChI=1S/C15H19N3O2/c1-3-12-14(19)17-6-4-5-13(17)15(20)18(12)11-7-10(2)8-16-9-11/h7-9,12-13H,3-6H2,1-2H3. The first-order valence-electron chi connectivity index (χ1n) is 7.18. The maximum Gasteiger partial charge on any atom is 0.250 e. The highest BCUT2D eigenvalue weighted by Crippen LogP contribution is 2.31. The summed E-state index contributed by atoms with van der Waals surface area (Å²) < 4.78 is 0. The van der Waals surface area contributed by atoms with Gasteiger partial charge in [-0.2, -0.15) is 0 Å². The molecule has 0 bridgehead atoms. The molecular weight excluding hydrogens is 254 g/mol. The topological polar surface area (TPSA) is 53.5 Å². The molecule has 2 amide bonds. The van der Waals surface area contributed by atoms with Crippen LogP contribution in [0.25, 0.3) is 0 Å². The molecule has 5 nitrogen and oxygen atoms in total. The molecule has 1 aromatic rings. The number of carbonyl (C=O) groups is 2. The van der Waals surface area contributed by atoms with Crippen LogP contribution in [0.15, 0.2) is 18.5 Å². The Morgan fingerprint density at radius 3 is 2.80 bits per heavy atom. The van der Waals surface area contributed by atoms with E-state index in [2.05, 4.69) is 4.98 Å². The van der Waals surface area contributed by atoms with Gasteiger partial charge < -0.3 is 4.90 Å². The number of aryl methyl sites for hydroxylation is 1. The lowest BCUT2D eigenvalue weighted by molar-refractivity contribution is -0.144. The van der Waals surface area contributed by atoms with Crippen LogP contribution in [-0.4, -0.2) is 40.3 Å². The molecule has 2 aliphatic rings. The van der Waals surface area contributed by atoms with Crippen LogP contribution in [0.2, 0.25) is 0 Å². The molecule has 0 N–H and O–H groups in total. The predicted octanol–water partition coefficient (Wildman–Crippen LogP) is 1.51. The number of rotatable bonds is 2. The molecule has 20 heavy (non-hydrogen) atoms. The first-order valence-corrected chi connectivity index (χ1v) is 7.18. The van der Waals surface area contributed by atoms with Gasteiger partial charge in [0, 0.05) is 12.7 Å². The van der Waals surface area contributed by atoms with Gasteiger partial charge in [-0.1, -0.05) is 6.92 Å². The van der Waals surface area contributed by atoms with E-state index in [9.17, 15) is 9.59 Å². The molecule has 0 saturated carbocycles. The number of fused-ring (bicyclic) bond motifs is 1. The van der Waals surface area contributed by atoms with Crippen LogP contribution in [0, 0.1) is 6.92 Å². The molecular formula is C15H19N3O2. The van der Waals surface area contributed by atoms with E-state index in [1.54, 1.807) is 22.2 Å². The highest BCUT2D eigenvalue weighted by atomic mass is 16.2. The lowest BCUT2D eigenvalue weighted by atomic mass is 10.0. The predicted molar refractivity (Wildman–Crippen MR) is 75.3 cm³/mol. The fraction of sp³-hybridized carbons (Fsp3) is 0.533. The van der Waals surface area contributed by atoms with Gasteiger partial charge in [0.05, 0.1) is 11.9 Å². The molecule has 2 aliphatic heterocycles. The highest BCUT2D eigenvalue weighted by Gasteiger charge is 2.47. The first-order chi connectivity index (χ1) is 9.63. The number of hydrogen-bond donors (Lipinski definition) is 0. The molecule has 2 atom stereocenters. The Bertz CT molecular complexity index is 558. The molecule has 3 rings (SSSR count). The minimum atomic E-state index is -0.388. The summed E-state index contributed by atoms with van der Waals surface area (Å²) in [7, 11) is 0. The molecule has 0 aromatic carbocycles. The summed E-state index contributed by atoms with van der Waals surface area (Å²) in [5, 5.41) is 0. The van der Waals surface area contributed by atoms with E-state index in [1.165, 1.54) is 0 Å². The average molecular weight is 273 g/mol. The van der Waals surface area contributed by atoms with Crippen molar-refractivity contribution in [2.75, 3.05) is 11.4 Å².